The van der Waals surface area contributed by atoms with Crippen LogP contribution in [0, 0.1) is 0 Å². The zero-order chi connectivity index (χ0) is 19.3. The first-order valence-electron chi connectivity index (χ1n) is 8.72. The molecular weight excluding hydrogens is 327 g/mol. The number of hydrogen-bond donors (Lipinski definition) is 2. The largest absolute Gasteiger partial charge is 0.444 e. The average Bonchev–Trinajstić information content (AvgIpc) is 2.69. The van der Waals surface area contributed by atoms with Gasteiger partial charge in [-0.3, -0.25) is 14.3 Å². The van der Waals surface area contributed by atoms with E-state index < -0.39 is 17.4 Å². The van der Waals surface area contributed by atoms with Crippen LogP contribution in [0.2, 0.25) is 0 Å². The maximum atomic E-state index is 12.7. The minimum absolute atomic E-state index is 0.168. The van der Waals surface area contributed by atoms with Crippen molar-refractivity contribution in [2.45, 2.75) is 71.4 Å². The number of carbonyl (C=O) groups is 1. The molecule has 1 aliphatic heterocycles. The second-order valence-corrected chi connectivity index (χ2v) is 7.61. The van der Waals surface area contributed by atoms with Gasteiger partial charge in [-0.25, -0.2) is 4.79 Å². The summed E-state index contributed by atoms with van der Waals surface area (Å²) >= 11 is 0. The monoisotopic (exact) mass is 360 g/mol. The van der Waals surface area contributed by atoms with Crippen molar-refractivity contribution in [1.29, 1.82) is 0 Å². The Kier molecular flexibility index (Phi) is 7.46. The van der Waals surface area contributed by atoms with Crippen LogP contribution in [0.3, 0.4) is 0 Å². The second kappa shape index (κ2) is 8.69. The second-order valence-electron chi connectivity index (χ2n) is 7.61. The SMILES string of the molecule is CN=C(NCCCF)NCC1C(C)OC(C)(C)N1C(=O)OC(C)(C)C. The number of nitrogens with zero attached hydrogens (tertiary/aromatic N) is 2. The highest BCUT2D eigenvalue weighted by Gasteiger charge is 2.49. The molecule has 2 N–H and O–H groups in total. The van der Waals surface area contributed by atoms with E-state index in [0.717, 1.165) is 0 Å². The lowest BCUT2D eigenvalue weighted by Gasteiger charge is -2.35. The standard InChI is InChI=1S/C17H33FN4O3/c1-12-13(11-21-14(19-7)20-10-8-9-18)22(17(5,6)24-12)15(23)25-16(2,3)4/h12-13H,8-11H2,1-7H3,(H2,19,20,21). The molecule has 0 bridgehead atoms. The van der Waals surface area contributed by atoms with Crippen LogP contribution < -0.4 is 10.6 Å². The van der Waals surface area contributed by atoms with Gasteiger partial charge < -0.3 is 20.1 Å². The normalized spacial score (nSPS) is 23.5. The summed E-state index contributed by atoms with van der Waals surface area (Å²) in [4.78, 5) is 18.4. The summed E-state index contributed by atoms with van der Waals surface area (Å²) in [5.74, 6) is 0.564. The summed E-state index contributed by atoms with van der Waals surface area (Å²) in [6.45, 7) is 11.7. The molecule has 0 aromatic rings. The van der Waals surface area contributed by atoms with Gasteiger partial charge in [0.25, 0.3) is 0 Å². The molecule has 1 heterocycles. The number of rotatable bonds is 5. The van der Waals surface area contributed by atoms with Gasteiger partial charge in [0, 0.05) is 20.1 Å². The smallest absolute Gasteiger partial charge is 0.412 e. The summed E-state index contributed by atoms with van der Waals surface area (Å²) in [5, 5.41) is 6.21. The van der Waals surface area contributed by atoms with Crippen LogP contribution >= 0.6 is 0 Å². The number of alkyl halides is 1. The van der Waals surface area contributed by atoms with Gasteiger partial charge in [0.2, 0.25) is 0 Å². The average molecular weight is 360 g/mol. The summed E-state index contributed by atoms with van der Waals surface area (Å²) in [5.41, 5.74) is -1.35. The van der Waals surface area contributed by atoms with Crippen molar-refractivity contribution in [2.75, 3.05) is 26.8 Å². The maximum absolute atomic E-state index is 12.7. The maximum Gasteiger partial charge on any atom is 0.412 e. The summed E-state index contributed by atoms with van der Waals surface area (Å²) in [6, 6.07) is -0.218. The zero-order valence-electron chi connectivity index (χ0n) is 16.5. The van der Waals surface area contributed by atoms with Crippen molar-refractivity contribution in [1.82, 2.24) is 15.5 Å². The van der Waals surface area contributed by atoms with Crippen LogP contribution in [0.15, 0.2) is 4.99 Å². The molecule has 1 saturated heterocycles. The molecule has 0 aromatic heterocycles. The Morgan fingerprint density at radius 2 is 2.00 bits per heavy atom. The number of carbonyl (C=O) groups excluding carboxylic acids is 1. The van der Waals surface area contributed by atoms with E-state index in [4.69, 9.17) is 9.47 Å². The minimum Gasteiger partial charge on any atom is -0.444 e. The quantitative estimate of drug-likeness (QED) is 0.447. The molecule has 25 heavy (non-hydrogen) atoms. The van der Waals surface area contributed by atoms with E-state index in [1.165, 1.54) is 0 Å². The summed E-state index contributed by atoms with van der Waals surface area (Å²) in [7, 11) is 1.65. The van der Waals surface area contributed by atoms with Gasteiger partial charge in [-0.15, -0.1) is 0 Å². The van der Waals surface area contributed by atoms with E-state index in [0.29, 0.717) is 25.5 Å². The number of amides is 1. The van der Waals surface area contributed by atoms with Crippen molar-refractivity contribution >= 4 is 12.1 Å². The predicted octanol–water partition coefficient (Wildman–Crippen LogP) is 2.27. The highest BCUT2D eigenvalue weighted by atomic mass is 19.1. The van der Waals surface area contributed by atoms with Crippen LogP contribution in [-0.2, 0) is 9.47 Å². The number of aliphatic imine (C=N–C) groups is 1. The lowest BCUT2D eigenvalue weighted by Crippen LogP contribution is -2.54. The summed E-state index contributed by atoms with van der Waals surface area (Å²) < 4.78 is 23.7. The van der Waals surface area contributed by atoms with E-state index in [1.807, 2.05) is 41.5 Å². The highest BCUT2D eigenvalue weighted by Crippen LogP contribution is 2.33. The third kappa shape index (κ3) is 6.34. The Balaban J connectivity index is 2.78. The number of ether oxygens (including phenoxy) is 2. The fraction of sp³-hybridized carbons (Fsp3) is 0.882. The molecule has 7 nitrogen and oxygen atoms in total. The molecule has 2 unspecified atom stereocenters. The number of hydrogen-bond acceptors (Lipinski definition) is 4. The van der Waals surface area contributed by atoms with Crippen molar-refractivity contribution in [2.24, 2.45) is 4.99 Å². The molecule has 0 saturated carbocycles. The number of halogens is 1. The molecule has 0 aromatic carbocycles. The Labute approximate surface area is 150 Å². The summed E-state index contributed by atoms with van der Waals surface area (Å²) in [6.07, 6.45) is -0.159. The third-order valence-electron chi connectivity index (χ3n) is 3.82. The highest BCUT2D eigenvalue weighted by molar-refractivity contribution is 5.79. The molecule has 8 heteroatoms. The lowest BCUT2D eigenvalue weighted by molar-refractivity contribution is -0.0755. The third-order valence-corrected chi connectivity index (χ3v) is 3.82. The Morgan fingerprint density at radius 3 is 2.52 bits per heavy atom. The number of guanidine groups is 1. The van der Waals surface area contributed by atoms with E-state index >= 15 is 0 Å². The topological polar surface area (TPSA) is 75.2 Å². The van der Waals surface area contributed by atoms with Gasteiger partial charge in [0.15, 0.2) is 5.96 Å². The van der Waals surface area contributed by atoms with E-state index in [2.05, 4.69) is 15.6 Å². The molecular formula is C17H33FN4O3. The van der Waals surface area contributed by atoms with Crippen molar-refractivity contribution in [3.8, 4) is 0 Å². The molecule has 146 valence electrons. The molecule has 1 fully saturated rings. The predicted molar refractivity (Wildman–Crippen MR) is 96.4 cm³/mol. The van der Waals surface area contributed by atoms with Crippen molar-refractivity contribution in [3.63, 3.8) is 0 Å². The van der Waals surface area contributed by atoms with Crippen LogP contribution in [0.5, 0.6) is 0 Å². The van der Waals surface area contributed by atoms with Gasteiger partial charge in [-0.05, 0) is 48.0 Å². The van der Waals surface area contributed by atoms with E-state index in [9.17, 15) is 9.18 Å². The molecule has 2 atom stereocenters. The van der Waals surface area contributed by atoms with Gasteiger partial charge in [-0.1, -0.05) is 0 Å². The zero-order valence-corrected chi connectivity index (χ0v) is 16.5. The van der Waals surface area contributed by atoms with Gasteiger partial charge in [0.1, 0.15) is 11.3 Å². The van der Waals surface area contributed by atoms with Gasteiger partial charge >= 0.3 is 6.09 Å². The molecule has 0 spiro atoms. The fourth-order valence-electron chi connectivity index (χ4n) is 2.82. The van der Waals surface area contributed by atoms with E-state index in [-0.39, 0.29) is 18.8 Å². The molecule has 1 amide bonds. The first-order valence-corrected chi connectivity index (χ1v) is 8.72. The van der Waals surface area contributed by atoms with Crippen molar-refractivity contribution in [3.05, 3.63) is 0 Å². The van der Waals surface area contributed by atoms with Crippen LogP contribution in [0.1, 0.15) is 48.0 Å². The molecule has 0 aliphatic carbocycles. The molecule has 0 radical (unpaired) electrons. The molecule has 1 rings (SSSR count). The van der Waals surface area contributed by atoms with Crippen LogP contribution in [0.25, 0.3) is 0 Å². The van der Waals surface area contributed by atoms with Gasteiger partial charge in [0.05, 0.1) is 18.8 Å². The van der Waals surface area contributed by atoms with Gasteiger partial charge in [-0.2, -0.15) is 0 Å². The lowest BCUT2D eigenvalue weighted by atomic mass is 10.1. The number of nitrogens with one attached hydrogen (secondary N) is 2. The van der Waals surface area contributed by atoms with Crippen LogP contribution in [0.4, 0.5) is 9.18 Å². The molecule has 1 aliphatic rings. The minimum atomic E-state index is -0.765. The van der Waals surface area contributed by atoms with Crippen LogP contribution in [-0.4, -0.2) is 67.2 Å². The first kappa shape index (κ1) is 21.5. The van der Waals surface area contributed by atoms with Crippen molar-refractivity contribution < 1.29 is 18.7 Å². The fourth-order valence-corrected chi connectivity index (χ4v) is 2.82. The Bertz CT molecular complexity index is 477. The Morgan fingerprint density at radius 1 is 1.36 bits per heavy atom. The first-order chi connectivity index (χ1) is 11.5. The van der Waals surface area contributed by atoms with E-state index in [1.54, 1.807) is 11.9 Å². The Hall–Kier alpha value is -1.57.